The SMILES string of the molecule is CCCOc1ccc(NCc2c(C(=O)O)cnn2C)cc1. The maximum Gasteiger partial charge on any atom is 0.339 e. The largest absolute Gasteiger partial charge is 0.494 e. The van der Waals surface area contributed by atoms with Gasteiger partial charge in [0.1, 0.15) is 11.3 Å². The number of nitrogens with zero attached hydrogens (tertiary/aromatic N) is 2. The molecular formula is C15H19N3O3. The van der Waals surface area contributed by atoms with Crippen LogP contribution in [0.5, 0.6) is 5.75 Å². The van der Waals surface area contributed by atoms with Crippen LogP contribution in [0.1, 0.15) is 29.4 Å². The van der Waals surface area contributed by atoms with Crippen molar-refractivity contribution in [3.63, 3.8) is 0 Å². The molecule has 0 amide bonds. The smallest absolute Gasteiger partial charge is 0.339 e. The summed E-state index contributed by atoms with van der Waals surface area (Å²) in [6.45, 7) is 3.15. The molecule has 6 heteroatoms. The van der Waals surface area contributed by atoms with Crippen molar-refractivity contribution in [1.29, 1.82) is 0 Å². The first kappa shape index (κ1) is 14.9. The standard InChI is InChI=1S/C15H19N3O3/c1-3-8-21-12-6-4-11(5-7-12)16-10-14-13(15(19)20)9-17-18(14)2/h4-7,9,16H,3,8,10H2,1-2H3,(H,19,20). The number of carboxylic acid groups (broad SMARTS) is 1. The van der Waals surface area contributed by atoms with Crippen molar-refractivity contribution in [3.8, 4) is 5.75 Å². The zero-order chi connectivity index (χ0) is 15.2. The molecule has 0 bridgehead atoms. The number of benzene rings is 1. The summed E-state index contributed by atoms with van der Waals surface area (Å²) in [5.74, 6) is -0.141. The third-order valence-corrected chi connectivity index (χ3v) is 3.08. The lowest BCUT2D eigenvalue weighted by Gasteiger charge is -2.09. The van der Waals surface area contributed by atoms with Crippen molar-refractivity contribution in [1.82, 2.24) is 9.78 Å². The summed E-state index contributed by atoms with van der Waals surface area (Å²) in [5.41, 5.74) is 1.75. The molecule has 0 aliphatic rings. The van der Waals surface area contributed by atoms with E-state index >= 15 is 0 Å². The van der Waals surface area contributed by atoms with E-state index in [1.54, 1.807) is 11.7 Å². The fraction of sp³-hybridized carbons (Fsp3) is 0.333. The van der Waals surface area contributed by atoms with Crippen LogP contribution in [0.15, 0.2) is 30.5 Å². The first-order valence-corrected chi connectivity index (χ1v) is 6.82. The Morgan fingerprint density at radius 1 is 1.38 bits per heavy atom. The molecule has 21 heavy (non-hydrogen) atoms. The highest BCUT2D eigenvalue weighted by Gasteiger charge is 2.14. The lowest BCUT2D eigenvalue weighted by atomic mass is 10.2. The molecular weight excluding hydrogens is 270 g/mol. The minimum atomic E-state index is -0.969. The fourth-order valence-electron chi connectivity index (χ4n) is 1.93. The third-order valence-electron chi connectivity index (χ3n) is 3.08. The van der Waals surface area contributed by atoms with Gasteiger partial charge in [-0.05, 0) is 30.7 Å². The van der Waals surface area contributed by atoms with E-state index < -0.39 is 5.97 Å². The molecule has 1 aromatic carbocycles. The number of hydrogen-bond acceptors (Lipinski definition) is 4. The van der Waals surface area contributed by atoms with Crippen LogP contribution >= 0.6 is 0 Å². The third kappa shape index (κ3) is 3.75. The zero-order valence-electron chi connectivity index (χ0n) is 12.2. The van der Waals surface area contributed by atoms with Gasteiger partial charge in [-0.15, -0.1) is 0 Å². The van der Waals surface area contributed by atoms with E-state index in [4.69, 9.17) is 9.84 Å². The summed E-state index contributed by atoms with van der Waals surface area (Å²) in [6, 6.07) is 7.59. The molecule has 2 N–H and O–H groups in total. The topological polar surface area (TPSA) is 76.4 Å². The monoisotopic (exact) mass is 289 g/mol. The Labute approximate surface area is 123 Å². The van der Waals surface area contributed by atoms with Gasteiger partial charge in [0.15, 0.2) is 0 Å². The van der Waals surface area contributed by atoms with Crippen LogP contribution in [0.25, 0.3) is 0 Å². The second kappa shape index (κ2) is 6.78. The quantitative estimate of drug-likeness (QED) is 0.819. The molecule has 0 aliphatic heterocycles. The average Bonchev–Trinajstić information content (AvgIpc) is 2.85. The van der Waals surface area contributed by atoms with Gasteiger partial charge in [-0.25, -0.2) is 4.79 Å². The lowest BCUT2D eigenvalue weighted by Crippen LogP contribution is -2.10. The lowest BCUT2D eigenvalue weighted by molar-refractivity contribution is 0.0695. The molecule has 0 fully saturated rings. The average molecular weight is 289 g/mol. The molecule has 0 saturated heterocycles. The first-order valence-electron chi connectivity index (χ1n) is 6.82. The number of hydrogen-bond donors (Lipinski definition) is 2. The van der Waals surface area contributed by atoms with Crippen molar-refractivity contribution in [2.24, 2.45) is 7.05 Å². The van der Waals surface area contributed by atoms with Gasteiger partial charge in [0, 0.05) is 12.7 Å². The van der Waals surface area contributed by atoms with E-state index in [9.17, 15) is 4.79 Å². The highest BCUT2D eigenvalue weighted by molar-refractivity contribution is 5.88. The summed E-state index contributed by atoms with van der Waals surface area (Å²) in [6.07, 6.45) is 2.33. The Balaban J connectivity index is 2.00. The van der Waals surface area contributed by atoms with Gasteiger partial charge in [-0.1, -0.05) is 6.92 Å². The Bertz CT molecular complexity index is 605. The maximum atomic E-state index is 11.1. The molecule has 0 saturated carbocycles. The Hall–Kier alpha value is -2.50. The summed E-state index contributed by atoms with van der Waals surface area (Å²) in [4.78, 5) is 11.1. The van der Waals surface area contributed by atoms with Gasteiger partial charge < -0.3 is 15.2 Å². The second-order valence-electron chi connectivity index (χ2n) is 4.66. The number of carboxylic acids is 1. The highest BCUT2D eigenvalue weighted by atomic mass is 16.5. The van der Waals surface area contributed by atoms with Gasteiger partial charge in [-0.3, -0.25) is 4.68 Å². The molecule has 0 radical (unpaired) electrons. The Kier molecular flexibility index (Phi) is 4.81. The van der Waals surface area contributed by atoms with E-state index in [0.717, 1.165) is 17.9 Å². The highest BCUT2D eigenvalue weighted by Crippen LogP contribution is 2.17. The summed E-state index contributed by atoms with van der Waals surface area (Å²) in [5, 5.41) is 16.3. The van der Waals surface area contributed by atoms with Crippen molar-refractivity contribution < 1.29 is 14.6 Å². The molecule has 0 aliphatic carbocycles. The van der Waals surface area contributed by atoms with Gasteiger partial charge in [0.25, 0.3) is 0 Å². The van der Waals surface area contributed by atoms with E-state index in [1.165, 1.54) is 6.20 Å². The normalized spacial score (nSPS) is 10.4. The van der Waals surface area contributed by atoms with E-state index in [1.807, 2.05) is 24.3 Å². The van der Waals surface area contributed by atoms with Crippen molar-refractivity contribution in [2.75, 3.05) is 11.9 Å². The van der Waals surface area contributed by atoms with Crippen molar-refractivity contribution in [3.05, 3.63) is 41.7 Å². The van der Waals surface area contributed by atoms with E-state index in [0.29, 0.717) is 18.8 Å². The number of rotatable bonds is 7. The van der Waals surface area contributed by atoms with E-state index in [2.05, 4.69) is 17.3 Å². The van der Waals surface area contributed by atoms with Crippen LogP contribution in [0.2, 0.25) is 0 Å². The van der Waals surface area contributed by atoms with Gasteiger partial charge in [0.05, 0.1) is 25.0 Å². The number of ether oxygens (including phenoxy) is 1. The van der Waals surface area contributed by atoms with Crippen LogP contribution in [0.4, 0.5) is 5.69 Å². The van der Waals surface area contributed by atoms with Crippen LogP contribution in [0, 0.1) is 0 Å². The summed E-state index contributed by atoms with van der Waals surface area (Å²) in [7, 11) is 1.73. The van der Waals surface area contributed by atoms with Crippen LogP contribution < -0.4 is 10.1 Å². The molecule has 0 unspecified atom stereocenters. The molecule has 1 heterocycles. The number of aromatic nitrogens is 2. The predicted octanol–water partition coefficient (Wildman–Crippen LogP) is 2.52. The maximum absolute atomic E-state index is 11.1. The zero-order valence-corrected chi connectivity index (χ0v) is 12.2. The van der Waals surface area contributed by atoms with Crippen LogP contribution in [-0.4, -0.2) is 27.5 Å². The minimum absolute atomic E-state index is 0.216. The molecule has 6 nitrogen and oxygen atoms in total. The van der Waals surface area contributed by atoms with Gasteiger partial charge in [0.2, 0.25) is 0 Å². The molecule has 2 aromatic rings. The number of nitrogens with one attached hydrogen (secondary N) is 1. The van der Waals surface area contributed by atoms with Crippen molar-refractivity contribution >= 4 is 11.7 Å². The number of anilines is 1. The molecule has 0 spiro atoms. The molecule has 2 rings (SSSR count). The number of aromatic carboxylic acids is 1. The molecule has 1 aromatic heterocycles. The Morgan fingerprint density at radius 3 is 2.71 bits per heavy atom. The van der Waals surface area contributed by atoms with Crippen LogP contribution in [0.3, 0.4) is 0 Å². The Morgan fingerprint density at radius 2 is 2.10 bits per heavy atom. The van der Waals surface area contributed by atoms with Crippen LogP contribution in [-0.2, 0) is 13.6 Å². The summed E-state index contributed by atoms with van der Waals surface area (Å²) >= 11 is 0. The predicted molar refractivity (Wildman–Crippen MR) is 79.7 cm³/mol. The molecule has 0 atom stereocenters. The van der Waals surface area contributed by atoms with E-state index in [-0.39, 0.29) is 5.56 Å². The van der Waals surface area contributed by atoms with Gasteiger partial charge in [-0.2, -0.15) is 5.10 Å². The summed E-state index contributed by atoms with van der Waals surface area (Å²) < 4.78 is 7.08. The second-order valence-corrected chi connectivity index (χ2v) is 4.66. The first-order chi connectivity index (χ1) is 10.1. The minimum Gasteiger partial charge on any atom is -0.494 e. The molecule has 112 valence electrons. The fourth-order valence-corrected chi connectivity index (χ4v) is 1.93. The van der Waals surface area contributed by atoms with Gasteiger partial charge >= 0.3 is 5.97 Å². The number of aryl methyl sites for hydroxylation is 1. The van der Waals surface area contributed by atoms with Crippen molar-refractivity contribution in [2.45, 2.75) is 19.9 Å². The number of carbonyl (C=O) groups is 1.